The monoisotopic (exact) mass is 323 g/mol. The molecule has 1 aliphatic heterocycles. The molecule has 0 aromatic carbocycles. The van der Waals surface area contributed by atoms with Gasteiger partial charge in [0, 0.05) is 36.1 Å². The van der Waals surface area contributed by atoms with E-state index in [0.29, 0.717) is 6.61 Å². The number of alkyl carbamates (subject to hydrolysis) is 1. The molecule has 1 atom stereocenters. The molecule has 1 aromatic rings. The molecule has 1 N–H and O–H groups in total. The number of hydrogen-bond donors (Lipinski definition) is 1. The Balaban J connectivity index is 1.49. The Bertz CT molecular complexity index is 501. The van der Waals surface area contributed by atoms with E-state index in [1.165, 1.54) is 29.1 Å². The largest absolute Gasteiger partial charge is 0.450 e. The zero-order chi connectivity index (χ0) is 15.4. The molecule has 1 saturated carbocycles. The molecule has 2 fully saturated rings. The molecule has 6 heteroatoms. The molecule has 1 aromatic heterocycles. The molecule has 1 aliphatic carbocycles. The Morgan fingerprint density at radius 2 is 2.32 bits per heavy atom. The lowest BCUT2D eigenvalue weighted by Gasteiger charge is -2.32. The number of thiazole rings is 1. The Morgan fingerprint density at radius 1 is 1.45 bits per heavy atom. The zero-order valence-corrected chi connectivity index (χ0v) is 14.0. The number of likely N-dealkylation sites (tertiary alicyclic amines) is 1. The fourth-order valence-corrected chi connectivity index (χ4v) is 4.25. The first-order valence-electron chi connectivity index (χ1n) is 8.35. The minimum absolute atomic E-state index is 0.201. The Kier molecular flexibility index (Phi) is 5.31. The van der Waals surface area contributed by atoms with Gasteiger partial charge in [-0.3, -0.25) is 4.90 Å². The summed E-state index contributed by atoms with van der Waals surface area (Å²) >= 11 is 1.87. The van der Waals surface area contributed by atoms with Crippen LogP contribution in [0.2, 0.25) is 0 Å². The standard InChI is InChI=1S/C16H25N3O2S/c1-2-21-16(20)18-13-7-4-8-19(10-13)11-14-9-17-15(22-14)12-5-3-6-12/h9,12-13H,2-8,10-11H2,1H3,(H,18,20). The molecule has 122 valence electrons. The molecular weight excluding hydrogens is 298 g/mol. The highest BCUT2D eigenvalue weighted by Crippen LogP contribution is 2.38. The van der Waals surface area contributed by atoms with E-state index in [1.54, 1.807) is 0 Å². The van der Waals surface area contributed by atoms with E-state index in [4.69, 9.17) is 4.74 Å². The van der Waals surface area contributed by atoms with Crippen LogP contribution in [0.25, 0.3) is 0 Å². The second-order valence-corrected chi connectivity index (χ2v) is 7.38. The summed E-state index contributed by atoms with van der Waals surface area (Å²) in [5.74, 6) is 0.721. The van der Waals surface area contributed by atoms with Crippen LogP contribution < -0.4 is 5.32 Å². The van der Waals surface area contributed by atoms with Crippen LogP contribution in [0.15, 0.2) is 6.20 Å². The summed E-state index contributed by atoms with van der Waals surface area (Å²) in [6, 6.07) is 0.201. The number of rotatable bonds is 5. The van der Waals surface area contributed by atoms with Crippen molar-refractivity contribution in [3.8, 4) is 0 Å². The third-order valence-corrected chi connectivity index (χ3v) is 5.65. The number of amides is 1. The SMILES string of the molecule is CCOC(=O)NC1CCCN(Cc2cnc(C3CCC3)s2)C1. The molecule has 0 bridgehead atoms. The van der Waals surface area contributed by atoms with Crippen molar-refractivity contribution >= 4 is 17.4 Å². The maximum Gasteiger partial charge on any atom is 0.407 e. The number of piperidine rings is 1. The van der Waals surface area contributed by atoms with Crippen molar-refractivity contribution < 1.29 is 9.53 Å². The van der Waals surface area contributed by atoms with Crippen LogP contribution in [-0.4, -0.2) is 41.7 Å². The first-order valence-corrected chi connectivity index (χ1v) is 9.16. The maximum atomic E-state index is 11.5. The third kappa shape index (κ3) is 3.98. The van der Waals surface area contributed by atoms with Crippen molar-refractivity contribution in [2.75, 3.05) is 19.7 Å². The normalized spacial score (nSPS) is 23.0. The van der Waals surface area contributed by atoms with Gasteiger partial charge in [0.2, 0.25) is 0 Å². The number of ether oxygens (including phenoxy) is 1. The summed E-state index contributed by atoms with van der Waals surface area (Å²) in [6.45, 7) is 5.20. The molecule has 3 rings (SSSR count). The van der Waals surface area contributed by atoms with Gasteiger partial charge in [-0.1, -0.05) is 6.42 Å². The summed E-state index contributed by atoms with van der Waals surface area (Å²) < 4.78 is 4.97. The molecule has 0 spiro atoms. The van der Waals surface area contributed by atoms with E-state index in [9.17, 15) is 4.79 Å². The van der Waals surface area contributed by atoms with Gasteiger partial charge in [-0.15, -0.1) is 11.3 Å². The van der Waals surface area contributed by atoms with E-state index >= 15 is 0 Å². The van der Waals surface area contributed by atoms with Crippen molar-refractivity contribution in [2.45, 2.75) is 57.5 Å². The summed E-state index contributed by atoms with van der Waals surface area (Å²) in [4.78, 5) is 19.9. The van der Waals surface area contributed by atoms with Crippen molar-refractivity contribution in [1.29, 1.82) is 0 Å². The van der Waals surface area contributed by atoms with Gasteiger partial charge < -0.3 is 10.1 Å². The molecule has 0 radical (unpaired) electrons. The Morgan fingerprint density at radius 3 is 3.05 bits per heavy atom. The lowest BCUT2D eigenvalue weighted by Crippen LogP contribution is -2.47. The predicted octanol–water partition coefficient (Wildman–Crippen LogP) is 3.12. The highest BCUT2D eigenvalue weighted by atomic mass is 32.1. The van der Waals surface area contributed by atoms with E-state index in [1.807, 2.05) is 24.5 Å². The summed E-state index contributed by atoms with van der Waals surface area (Å²) in [5.41, 5.74) is 0. The third-order valence-electron chi connectivity index (χ3n) is 4.51. The van der Waals surface area contributed by atoms with Gasteiger partial charge in [-0.05, 0) is 39.2 Å². The van der Waals surface area contributed by atoms with E-state index in [2.05, 4.69) is 15.2 Å². The first kappa shape index (κ1) is 15.7. The fourth-order valence-electron chi connectivity index (χ4n) is 3.12. The van der Waals surface area contributed by atoms with Gasteiger partial charge in [-0.25, -0.2) is 9.78 Å². The van der Waals surface area contributed by atoms with E-state index in [-0.39, 0.29) is 12.1 Å². The average Bonchev–Trinajstić information content (AvgIpc) is 2.85. The molecule has 1 amide bonds. The summed E-state index contributed by atoms with van der Waals surface area (Å²) in [7, 11) is 0. The topological polar surface area (TPSA) is 54.5 Å². The Hall–Kier alpha value is -1.14. The highest BCUT2D eigenvalue weighted by molar-refractivity contribution is 7.11. The average molecular weight is 323 g/mol. The minimum Gasteiger partial charge on any atom is -0.450 e. The number of aromatic nitrogens is 1. The lowest BCUT2D eigenvalue weighted by molar-refractivity contribution is 0.133. The van der Waals surface area contributed by atoms with Gasteiger partial charge in [0.05, 0.1) is 11.6 Å². The van der Waals surface area contributed by atoms with E-state index in [0.717, 1.165) is 38.4 Å². The second-order valence-electron chi connectivity index (χ2n) is 6.23. The van der Waals surface area contributed by atoms with Crippen LogP contribution in [0, 0.1) is 0 Å². The number of nitrogens with zero attached hydrogens (tertiary/aromatic N) is 2. The molecule has 2 aliphatic rings. The molecule has 22 heavy (non-hydrogen) atoms. The number of carbonyl (C=O) groups excluding carboxylic acids is 1. The van der Waals surface area contributed by atoms with Gasteiger partial charge in [0.1, 0.15) is 0 Å². The highest BCUT2D eigenvalue weighted by Gasteiger charge is 2.25. The van der Waals surface area contributed by atoms with Crippen LogP contribution in [0.4, 0.5) is 4.79 Å². The number of nitrogens with one attached hydrogen (secondary N) is 1. The van der Waals surface area contributed by atoms with Crippen molar-refractivity contribution in [1.82, 2.24) is 15.2 Å². The molecule has 2 heterocycles. The van der Waals surface area contributed by atoms with Gasteiger partial charge >= 0.3 is 6.09 Å². The van der Waals surface area contributed by atoms with Gasteiger partial charge in [-0.2, -0.15) is 0 Å². The quantitative estimate of drug-likeness (QED) is 0.904. The van der Waals surface area contributed by atoms with Crippen LogP contribution >= 0.6 is 11.3 Å². The molecule has 1 saturated heterocycles. The Labute approximate surface area is 136 Å². The van der Waals surface area contributed by atoms with Gasteiger partial charge in [0.15, 0.2) is 0 Å². The van der Waals surface area contributed by atoms with Crippen LogP contribution in [0.1, 0.15) is 54.8 Å². The number of hydrogen-bond acceptors (Lipinski definition) is 5. The maximum absolute atomic E-state index is 11.5. The van der Waals surface area contributed by atoms with Gasteiger partial charge in [0.25, 0.3) is 0 Å². The van der Waals surface area contributed by atoms with Crippen LogP contribution in [0.5, 0.6) is 0 Å². The lowest BCUT2D eigenvalue weighted by atomic mass is 9.86. The fraction of sp³-hybridized carbons (Fsp3) is 0.750. The molecule has 5 nitrogen and oxygen atoms in total. The molecular formula is C16H25N3O2S. The summed E-state index contributed by atoms with van der Waals surface area (Å²) in [5, 5.41) is 4.28. The van der Waals surface area contributed by atoms with Crippen LogP contribution in [0.3, 0.4) is 0 Å². The predicted molar refractivity (Wildman–Crippen MR) is 87.2 cm³/mol. The number of carbonyl (C=O) groups is 1. The van der Waals surface area contributed by atoms with Crippen molar-refractivity contribution in [3.63, 3.8) is 0 Å². The van der Waals surface area contributed by atoms with Crippen molar-refractivity contribution in [3.05, 3.63) is 16.1 Å². The van der Waals surface area contributed by atoms with Crippen molar-refractivity contribution in [2.24, 2.45) is 0 Å². The van der Waals surface area contributed by atoms with E-state index < -0.39 is 0 Å². The zero-order valence-electron chi connectivity index (χ0n) is 13.2. The minimum atomic E-state index is -0.292. The molecule has 1 unspecified atom stereocenters. The summed E-state index contributed by atoms with van der Waals surface area (Å²) in [6.07, 6.45) is 7.87. The van der Waals surface area contributed by atoms with Crippen LogP contribution in [-0.2, 0) is 11.3 Å². The second kappa shape index (κ2) is 7.42. The first-order chi connectivity index (χ1) is 10.7. The smallest absolute Gasteiger partial charge is 0.407 e.